The third kappa shape index (κ3) is 3.02. The van der Waals surface area contributed by atoms with E-state index in [2.05, 4.69) is 9.97 Å². The van der Waals surface area contributed by atoms with E-state index in [1.807, 2.05) is 48.5 Å². The SMILES string of the molecule is CSc1cc(N(C)c2ccccc2C(N)=S)ncn1. The number of nitrogens with zero attached hydrogens (tertiary/aromatic N) is 3. The lowest BCUT2D eigenvalue weighted by molar-refractivity contribution is 1.01. The highest BCUT2D eigenvalue weighted by atomic mass is 32.2. The van der Waals surface area contributed by atoms with Crippen LogP contribution in [0.15, 0.2) is 41.7 Å². The maximum Gasteiger partial charge on any atom is 0.137 e. The fourth-order valence-corrected chi connectivity index (χ4v) is 2.27. The molecule has 1 aromatic carbocycles. The summed E-state index contributed by atoms with van der Waals surface area (Å²) >= 11 is 6.66. The highest BCUT2D eigenvalue weighted by Crippen LogP contribution is 2.26. The zero-order valence-corrected chi connectivity index (χ0v) is 12.3. The molecule has 0 unspecified atom stereocenters. The van der Waals surface area contributed by atoms with Crippen LogP contribution in [0.4, 0.5) is 11.5 Å². The minimum Gasteiger partial charge on any atom is -0.389 e. The van der Waals surface area contributed by atoms with Crippen molar-refractivity contribution in [3.8, 4) is 0 Å². The quantitative estimate of drug-likeness (QED) is 0.531. The average Bonchev–Trinajstić information content (AvgIpc) is 2.46. The van der Waals surface area contributed by atoms with Crippen LogP contribution in [-0.2, 0) is 0 Å². The molecule has 2 aromatic rings. The number of para-hydroxylation sites is 1. The summed E-state index contributed by atoms with van der Waals surface area (Å²) in [4.78, 5) is 10.8. The van der Waals surface area contributed by atoms with Gasteiger partial charge in [0.05, 0.1) is 5.69 Å². The van der Waals surface area contributed by atoms with Crippen LogP contribution >= 0.6 is 24.0 Å². The van der Waals surface area contributed by atoms with Gasteiger partial charge >= 0.3 is 0 Å². The van der Waals surface area contributed by atoms with Crippen molar-refractivity contribution in [2.75, 3.05) is 18.2 Å². The molecular formula is C13H14N4S2. The molecule has 1 aromatic heterocycles. The largest absolute Gasteiger partial charge is 0.389 e. The van der Waals surface area contributed by atoms with Gasteiger partial charge in [-0.3, -0.25) is 0 Å². The van der Waals surface area contributed by atoms with Gasteiger partial charge in [0.1, 0.15) is 22.2 Å². The van der Waals surface area contributed by atoms with Crippen molar-refractivity contribution in [2.24, 2.45) is 5.73 Å². The highest BCUT2D eigenvalue weighted by Gasteiger charge is 2.12. The zero-order chi connectivity index (χ0) is 13.8. The molecule has 0 bridgehead atoms. The minimum atomic E-state index is 0.376. The zero-order valence-electron chi connectivity index (χ0n) is 10.7. The first-order valence-corrected chi connectivity index (χ1v) is 7.25. The van der Waals surface area contributed by atoms with Gasteiger partial charge in [-0.2, -0.15) is 0 Å². The smallest absolute Gasteiger partial charge is 0.137 e. The molecule has 0 saturated carbocycles. The molecule has 0 aliphatic heterocycles. The van der Waals surface area contributed by atoms with Gasteiger partial charge in [0.15, 0.2) is 0 Å². The standard InChI is InChI=1S/C13H14N4S2/c1-17(11-7-12(19-2)16-8-15-11)10-6-4-3-5-9(10)13(14)18/h3-8H,1-2H3,(H2,14,18). The number of thiocarbonyl (C=S) groups is 1. The van der Waals surface area contributed by atoms with E-state index in [-0.39, 0.29) is 0 Å². The molecule has 0 aliphatic carbocycles. The summed E-state index contributed by atoms with van der Waals surface area (Å²) in [6, 6.07) is 9.67. The Morgan fingerprint density at radius 2 is 2.05 bits per heavy atom. The van der Waals surface area contributed by atoms with E-state index < -0.39 is 0 Å². The van der Waals surface area contributed by atoms with E-state index in [0.29, 0.717) is 4.99 Å². The van der Waals surface area contributed by atoms with Crippen molar-refractivity contribution in [3.63, 3.8) is 0 Å². The second-order valence-corrected chi connectivity index (χ2v) is 5.13. The van der Waals surface area contributed by atoms with Gasteiger partial charge in [0.25, 0.3) is 0 Å². The van der Waals surface area contributed by atoms with Crippen LogP contribution in [0.3, 0.4) is 0 Å². The first-order chi connectivity index (χ1) is 9.13. The monoisotopic (exact) mass is 290 g/mol. The van der Waals surface area contributed by atoms with Gasteiger partial charge in [0.2, 0.25) is 0 Å². The van der Waals surface area contributed by atoms with Crippen LogP contribution in [0.1, 0.15) is 5.56 Å². The lowest BCUT2D eigenvalue weighted by Gasteiger charge is -2.21. The lowest BCUT2D eigenvalue weighted by Crippen LogP contribution is -2.18. The third-order valence-corrected chi connectivity index (χ3v) is 3.57. The second kappa shape index (κ2) is 5.99. The van der Waals surface area contributed by atoms with Crippen molar-refractivity contribution in [1.29, 1.82) is 0 Å². The number of rotatable bonds is 4. The summed E-state index contributed by atoms with van der Waals surface area (Å²) < 4.78 is 0. The van der Waals surface area contributed by atoms with Gasteiger partial charge in [0, 0.05) is 18.7 Å². The molecule has 2 N–H and O–H groups in total. The Bertz CT molecular complexity index is 601. The number of thioether (sulfide) groups is 1. The molecule has 0 spiro atoms. The highest BCUT2D eigenvalue weighted by molar-refractivity contribution is 7.98. The van der Waals surface area contributed by atoms with Crippen molar-refractivity contribution >= 4 is 40.5 Å². The maximum absolute atomic E-state index is 5.75. The number of benzene rings is 1. The van der Waals surface area contributed by atoms with Crippen LogP contribution < -0.4 is 10.6 Å². The van der Waals surface area contributed by atoms with Crippen molar-refractivity contribution in [1.82, 2.24) is 9.97 Å². The van der Waals surface area contributed by atoms with Crippen molar-refractivity contribution in [3.05, 3.63) is 42.2 Å². The van der Waals surface area contributed by atoms with Crippen LogP contribution in [-0.4, -0.2) is 28.3 Å². The second-order valence-electron chi connectivity index (χ2n) is 3.86. The molecule has 6 heteroatoms. The Labute approximate surface area is 122 Å². The van der Waals surface area contributed by atoms with Gasteiger partial charge in [-0.25, -0.2) is 9.97 Å². The van der Waals surface area contributed by atoms with Crippen molar-refractivity contribution in [2.45, 2.75) is 5.03 Å². The molecule has 98 valence electrons. The number of anilines is 2. The van der Waals surface area contributed by atoms with Crippen LogP contribution in [0, 0.1) is 0 Å². The van der Waals surface area contributed by atoms with Gasteiger partial charge < -0.3 is 10.6 Å². The molecule has 0 atom stereocenters. The molecule has 0 radical (unpaired) electrons. The molecular weight excluding hydrogens is 276 g/mol. The Morgan fingerprint density at radius 3 is 2.74 bits per heavy atom. The van der Waals surface area contributed by atoms with E-state index in [9.17, 15) is 0 Å². The van der Waals surface area contributed by atoms with Gasteiger partial charge in [-0.15, -0.1) is 11.8 Å². The number of hydrogen-bond donors (Lipinski definition) is 1. The van der Waals surface area contributed by atoms with E-state index in [1.54, 1.807) is 18.1 Å². The molecule has 0 aliphatic rings. The minimum absolute atomic E-state index is 0.376. The predicted octanol–water partition coefficient (Wildman–Crippen LogP) is 2.60. The van der Waals surface area contributed by atoms with Crippen LogP contribution in [0.2, 0.25) is 0 Å². The van der Waals surface area contributed by atoms with Crippen molar-refractivity contribution < 1.29 is 0 Å². The third-order valence-electron chi connectivity index (χ3n) is 2.71. The van der Waals surface area contributed by atoms with Crippen LogP contribution in [0.25, 0.3) is 0 Å². The molecule has 0 saturated heterocycles. The molecule has 0 amide bonds. The van der Waals surface area contributed by atoms with E-state index in [1.165, 1.54) is 0 Å². The number of aromatic nitrogens is 2. The molecule has 0 fully saturated rings. The maximum atomic E-state index is 5.75. The first-order valence-electron chi connectivity index (χ1n) is 5.62. The Kier molecular flexibility index (Phi) is 4.34. The van der Waals surface area contributed by atoms with Crippen LogP contribution in [0.5, 0.6) is 0 Å². The summed E-state index contributed by atoms with van der Waals surface area (Å²) in [5, 5.41) is 0.921. The summed E-state index contributed by atoms with van der Waals surface area (Å²) in [6.45, 7) is 0. The molecule has 4 nitrogen and oxygen atoms in total. The predicted molar refractivity (Wildman–Crippen MR) is 84.2 cm³/mol. The molecule has 2 rings (SSSR count). The van der Waals surface area contributed by atoms with E-state index >= 15 is 0 Å². The first kappa shape index (κ1) is 13.8. The fourth-order valence-electron chi connectivity index (χ4n) is 1.72. The van der Waals surface area contributed by atoms with E-state index in [4.69, 9.17) is 18.0 Å². The molecule has 1 heterocycles. The molecule has 19 heavy (non-hydrogen) atoms. The summed E-state index contributed by atoms with van der Waals surface area (Å²) in [6.07, 6.45) is 3.54. The topological polar surface area (TPSA) is 55.0 Å². The summed E-state index contributed by atoms with van der Waals surface area (Å²) in [5.41, 5.74) is 7.52. The Hall–Kier alpha value is -1.66. The summed E-state index contributed by atoms with van der Waals surface area (Å²) in [5.74, 6) is 0.808. The van der Waals surface area contributed by atoms with Gasteiger partial charge in [-0.05, 0) is 18.4 Å². The van der Waals surface area contributed by atoms with Gasteiger partial charge in [-0.1, -0.05) is 24.4 Å². The lowest BCUT2D eigenvalue weighted by atomic mass is 10.1. The van der Waals surface area contributed by atoms with E-state index in [0.717, 1.165) is 22.1 Å². The summed E-state index contributed by atoms with van der Waals surface area (Å²) in [7, 11) is 1.93. The average molecular weight is 290 g/mol. The Balaban J connectivity index is 2.43. The normalized spacial score (nSPS) is 10.2. The number of hydrogen-bond acceptors (Lipinski definition) is 5. The fraction of sp³-hybridized carbons (Fsp3) is 0.154. The Morgan fingerprint density at radius 1 is 1.32 bits per heavy atom. The number of nitrogens with two attached hydrogens (primary N) is 1.